The number of fused-ring (bicyclic) bond motifs is 1. The highest BCUT2D eigenvalue weighted by Gasteiger charge is 2.21. The quantitative estimate of drug-likeness (QED) is 0.829. The van der Waals surface area contributed by atoms with Crippen molar-refractivity contribution in [2.45, 2.75) is 6.10 Å². The van der Waals surface area contributed by atoms with E-state index >= 15 is 0 Å². The molecule has 1 atom stereocenters. The highest BCUT2D eigenvalue weighted by Crippen LogP contribution is 2.30. The maximum atomic E-state index is 11.9. The van der Waals surface area contributed by atoms with Crippen molar-refractivity contribution >= 4 is 11.9 Å². The molecule has 1 amide bonds. The van der Waals surface area contributed by atoms with Gasteiger partial charge >= 0.3 is 5.97 Å². The molecule has 0 unspecified atom stereocenters. The van der Waals surface area contributed by atoms with Gasteiger partial charge in [0.1, 0.15) is 18.5 Å². The number of para-hydroxylation sites is 2. The molecule has 2 N–H and O–H groups in total. The number of carbonyl (C=O) groups is 2. The van der Waals surface area contributed by atoms with Gasteiger partial charge in [-0.25, -0.2) is 4.79 Å². The van der Waals surface area contributed by atoms with E-state index in [1.54, 1.807) is 12.1 Å². The molecule has 7 nitrogen and oxygen atoms in total. The van der Waals surface area contributed by atoms with Gasteiger partial charge in [0, 0.05) is 0 Å². The SMILES string of the molecule is O=C(COc1cccc(C(=O)O)c1)NC[C@@H]1COc2ccccc2O1. The van der Waals surface area contributed by atoms with Crippen molar-refractivity contribution in [3.63, 3.8) is 0 Å². The van der Waals surface area contributed by atoms with Crippen molar-refractivity contribution in [3.8, 4) is 17.2 Å². The number of aromatic carboxylic acids is 1. The van der Waals surface area contributed by atoms with E-state index in [0.29, 0.717) is 23.9 Å². The number of carbonyl (C=O) groups excluding carboxylic acids is 1. The molecule has 3 rings (SSSR count). The second-order valence-electron chi connectivity index (χ2n) is 5.42. The third kappa shape index (κ3) is 4.41. The Bertz CT molecular complexity index is 776. The van der Waals surface area contributed by atoms with Crippen molar-refractivity contribution in [2.24, 2.45) is 0 Å². The van der Waals surface area contributed by atoms with Crippen LogP contribution in [0.1, 0.15) is 10.4 Å². The zero-order valence-electron chi connectivity index (χ0n) is 13.3. The molecule has 0 aromatic heterocycles. The van der Waals surface area contributed by atoms with E-state index in [4.69, 9.17) is 19.3 Å². The Morgan fingerprint density at radius 3 is 2.76 bits per heavy atom. The number of carboxylic acids is 1. The lowest BCUT2D eigenvalue weighted by molar-refractivity contribution is -0.123. The average Bonchev–Trinajstić information content (AvgIpc) is 2.64. The second-order valence-corrected chi connectivity index (χ2v) is 5.42. The summed E-state index contributed by atoms with van der Waals surface area (Å²) in [7, 11) is 0. The molecule has 2 aromatic rings. The van der Waals surface area contributed by atoms with Crippen LogP contribution in [0.3, 0.4) is 0 Å². The van der Waals surface area contributed by atoms with E-state index in [1.165, 1.54) is 12.1 Å². The molecule has 0 radical (unpaired) electrons. The molecule has 1 aliphatic heterocycles. The summed E-state index contributed by atoms with van der Waals surface area (Å²) in [5, 5.41) is 11.6. The number of hydrogen-bond donors (Lipinski definition) is 2. The number of amides is 1. The van der Waals surface area contributed by atoms with Crippen LogP contribution in [0.15, 0.2) is 48.5 Å². The minimum Gasteiger partial charge on any atom is -0.486 e. The molecule has 0 bridgehead atoms. The van der Waals surface area contributed by atoms with Crippen molar-refractivity contribution in [1.29, 1.82) is 0 Å². The van der Waals surface area contributed by atoms with Crippen LogP contribution in [0.5, 0.6) is 17.2 Å². The topological polar surface area (TPSA) is 94.1 Å². The molecule has 1 aliphatic rings. The lowest BCUT2D eigenvalue weighted by Crippen LogP contribution is -2.42. The van der Waals surface area contributed by atoms with E-state index in [-0.39, 0.29) is 30.7 Å². The normalized spacial score (nSPS) is 15.3. The highest BCUT2D eigenvalue weighted by atomic mass is 16.6. The first-order valence-corrected chi connectivity index (χ1v) is 7.73. The van der Waals surface area contributed by atoms with Crippen LogP contribution in [0.2, 0.25) is 0 Å². The summed E-state index contributed by atoms with van der Waals surface area (Å²) < 4.78 is 16.6. The Hall–Kier alpha value is -3.22. The van der Waals surface area contributed by atoms with Crippen LogP contribution < -0.4 is 19.5 Å². The van der Waals surface area contributed by atoms with Crippen LogP contribution in [-0.4, -0.2) is 42.8 Å². The summed E-state index contributed by atoms with van der Waals surface area (Å²) in [6.07, 6.45) is -0.283. The Morgan fingerprint density at radius 2 is 1.96 bits per heavy atom. The summed E-state index contributed by atoms with van der Waals surface area (Å²) in [5.41, 5.74) is 0.101. The molecule has 2 aromatic carbocycles. The van der Waals surface area contributed by atoms with Crippen molar-refractivity contribution in [2.75, 3.05) is 19.8 Å². The maximum Gasteiger partial charge on any atom is 0.335 e. The molecule has 1 heterocycles. The Kier molecular flexibility index (Phi) is 5.03. The number of nitrogens with one attached hydrogen (secondary N) is 1. The third-order valence-electron chi connectivity index (χ3n) is 3.55. The van der Waals surface area contributed by atoms with Gasteiger partial charge in [0.25, 0.3) is 5.91 Å². The minimum atomic E-state index is -1.05. The number of ether oxygens (including phenoxy) is 3. The molecule has 0 saturated carbocycles. The summed E-state index contributed by atoms with van der Waals surface area (Å²) in [5.74, 6) is 0.274. The van der Waals surface area contributed by atoms with Gasteiger partial charge in [-0.3, -0.25) is 4.79 Å². The fraction of sp³-hybridized carbons (Fsp3) is 0.222. The van der Waals surface area contributed by atoms with E-state index in [9.17, 15) is 9.59 Å². The molecule has 0 aliphatic carbocycles. The Morgan fingerprint density at radius 1 is 1.16 bits per heavy atom. The zero-order valence-corrected chi connectivity index (χ0v) is 13.3. The molecule has 0 saturated heterocycles. The van der Waals surface area contributed by atoms with Crippen molar-refractivity contribution in [1.82, 2.24) is 5.32 Å². The van der Waals surface area contributed by atoms with E-state index < -0.39 is 5.97 Å². The van der Waals surface area contributed by atoms with Gasteiger partial charge in [-0.1, -0.05) is 18.2 Å². The van der Waals surface area contributed by atoms with E-state index in [2.05, 4.69) is 5.32 Å². The Labute approximate surface area is 144 Å². The van der Waals surface area contributed by atoms with Gasteiger partial charge < -0.3 is 24.6 Å². The van der Waals surface area contributed by atoms with Crippen molar-refractivity contribution in [3.05, 3.63) is 54.1 Å². The summed E-state index contributed by atoms with van der Waals surface area (Å²) >= 11 is 0. The zero-order chi connectivity index (χ0) is 17.6. The maximum absolute atomic E-state index is 11.9. The number of rotatable bonds is 6. The van der Waals surface area contributed by atoms with Gasteiger partial charge in [0.2, 0.25) is 0 Å². The molecule has 0 fully saturated rings. The van der Waals surface area contributed by atoms with Gasteiger partial charge in [-0.05, 0) is 30.3 Å². The van der Waals surface area contributed by atoms with Gasteiger partial charge in [-0.15, -0.1) is 0 Å². The van der Waals surface area contributed by atoms with E-state index in [1.807, 2.05) is 24.3 Å². The summed E-state index contributed by atoms with van der Waals surface area (Å²) in [6, 6.07) is 13.3. The van der Waals surface area contributed by atoms with Crippen LogP contribution in [0, 0.1) is 0 Å². The fourth-order valence-corrected chi connectivity index (χ4v) is 2.31. The fourth-order valence-electron chi connectivity index (χ4n) is 2.31. The van der Waals surface area contributed by atoms with Crippen LogP contribution >= 0.6 is 0 Å². The lowest BCUT2D eigenvalue weighted by Gasteiger charge is -2.26. The predicted molar refractivity (Wildman–Crippen MR) is 88.3 cm³/mol. The molecule has 25 heavy (non-hydrogen) atoms. The number of hydrogen-bond acceptors (Lipinski definition) is 5. The average molecular weight is 343 g/mol. The third-order valence-corrected chi connectivity index (χ3v) is 3.55. The minimum absolute atomic E-state index is 0.101. The second kappa shape index (κ2) is 7.57. The molecular formula is C18H17NO6. The first-order chi connectivity index (χ1) is 12.1. The van der Waals surface area contributed by atoms with Crippen LogP contribution in [0.25, 0.3) is 0 Å². The van der Waals surface area contributed by atoms with E-state index in [0.717, 1.165) is 0 Å². The largest absolute Gasteiger partial charge is 0.486 e. The number of carboxylic acid groups (broad SMARTS) is 1. The smallest absolute Gasteiger partial charge is 0.335 e. The first-order valence-electron chi connectivity index (χ1n) is 7.73. The standard InChI is InChI=1S/C18H17NO6/c20-17(11-23-13-5-3-4-12(8-13)18(21)22)19-9-14-10-24-15-6-1-2-7-16(15)25-14/h1-8,14H,9-11H2,(H,19,20)(H,21,22)/t14-/m1/s1. The number of benzene rings is 2. The highest BCUT2D eigenvalue weighted by molar-refractivity contribution is 5.88. The molecule has 0 spiro atoms. The predicted octanol–water partition coefficient (Wildman–Crippen LogP) is 1.72. The summed E-state index contributed by atoms with van der Waals surface area (Å²) in [4.78, 5) is 22.8. The van der Waals surface area contributed by atoms with Gasteiger partial charge in [0.15, 0.2) is 18.1 Å². The van der Waals surface area contributed by atoms with Gasteiger partial charge in [-0.2, -0.15) is 0 Å². The van der Waals surface area contributed by atoms with Crippen LogP contribution in [0.4, 0.5) is 0 Å². The molecule has 7 heteroatoms. The van der Waals surface area contributed by atoms with Gasteiger partial charge in [0.05, 0.1) is 12.1 Å². The monoisotopic (exact) mass is 343 g/mol. The van der Waals surface area contributed by atoms with Crippen LogP contribution in [-0.2, 0) is 4.79 Å². The van der Waals surface area contributed by atoms with Crippen molar-refractivity contribution < 1.29 is 28.9 Å². The Balaban J connectivity index is 1.44. The molecular weight excluding hydrogens is 326 g/mol. The lowest BCUT2D eigenvalue weighted by atomic mass is 10.2. The first kappa shape index (κ1) is 16.6. The summed E-state index contributed by atoms with van der Waals surface area (Å²) in [6.45, 7) is 0.414. The molecule has 130 valence electrons.